The largest absolute Gasteiger partial charge is 0.409 e. The quantitative estimate of drug-likeness (QED) is 0.254. The van der Waals surface area contributed by atoms with E-state index < -0.39 is 0 Å². The van der Waals surface area contributed by atoms with Gasteiger partial charge in [-0.3, -0.25) is 0 Å². The van der Waals surface area contributed by atoms with Crippen LogP contribution in [0.3, 0.4) is 0 Å². The lowest BCUT2D eigenvalue weighted by Crippen LogP contribution is -2.23. The molecule has 20 heavy (non-hydrogen) atoms. The highest BCUT2D eigenvalue weighted by Gasteiger charge is 2.10. The smallest absolute Gasteiger partial charge is 0.170 e. The molecule has 0 fully saturated rings. The first kappa shape index (κ1) is 14.5. The molecule has 1 aromatic carbocycles. The molecule has 0 spiro atoms. The molecule has 0 saturated heterocycles. The molecular formula is C15H20FN3O. The molecule has 1 aromatic rings. The molecule has 1 unspecified atom stereocenters. The van der Waals surface area contributed by atoms with Gasteiger partial charge in [0, 0.05) is 12.1 Å². The van der Waals surface area contributed by atoms with Crippen LogP contribution in [0.1, 0.15) is 30.4 Å². The van der Waals surface area contributed by atoms with Gasteiger partial charge in [-0.15, -0.1) is 0 Å². The molecule has 1 aliphatic rings. The van der Waals surface area contributed by atoms with Gasteiger partial charge in [0.05, 0.1) is 0 Å². The maximum atomic E-state index is 13.5. The second-order valence-corrected chi connectivity index (χ2v) is 5.11. The number of benzene rings is 1. The summed E-state index contributed by atoms with van der Waals surface area (Å²) >= 11 is 0. The van der Waals surface area contributed by atoms with Gasteiger partial charge in [-0.25, -0.2) is 4.39 Å². The third-order valence-electron chi connectivity index (χ3n) is 3.50. The van der Waals surface area contributed by atoms with Crippen LogP contribution < -0.4 is 11.1 Å². The molecule has 0 aliphatic heterocycles. The van der Waals surface area contributed by atoms with E-state index >= 15 is 0 Å². The van der Waals surface area contributed by atoms with Crippen molar-refractivity contribution in [3.63, 3.8) is 0 Å². The highest BCUT2D eigenvalue weighted by Crippen LogP contribution is 2.17. The van der Waals surface area contributed by atoms with Gasteiger partial charge in [-0.2, -0.15) is 0 Å². The molecule has 0 heterocycles. The number of halogens is 1. The van der Waals surface area contributed by atoms with Crippen molar-refractivity contribution in [1.29, 1.82) is 0 Å². The average molecular weight is 277 g/mol. The van der Waals surface area contributed by atoms with Crippen LogP contribution in [0, 0.1) is 11.7 Å². The van der Waals surface area contributed by atoms with Crippen LogP contribution in [0.2, 0.25) is 0 Å². The summed E-state index contributed by atoms with van der Waals surface area (Å²) in [6, 6.07) is 4.44. The van der Waals surface area contributed by atoms with Crippen LogP contribution in [-0.2, 0) is 6.54 Å². The Labute approximate surface area is 118 Å². The molecule has 4 N–H and O–H groups in total. The minimum absolute atomic E-state index is 0.0804. The van der Waals surface area contributed by atoms with Crippen molar-refractivity contribution in [2.24, 2.45) is 16.8 Å². The van der Waals surface area contributed by atoms with Crippen molar-refractivity contribution in [3.05, 3.63) is 47.3 Å². The number of nitrogens with two attached hydrogens (primary N) is 1. The molecule has 0 aromatic heterocycles. The first-order valence-electron chi connectivity index (χ1n) is 6.82. The number of allylic oxidation sites excluding steroid dienone is 2. The van der Waals surface area contributed by atoms with Crippen molar-refractivity contribution < 1.29 is 9.60 Å². The van der Waals surface area contributed by atoms with Gasteiger partial charge in [-0.05, 0) is 55.5 Å². The SMILES string of the molecule is N/C(=N/O)c1cc(F)cc(CNCC2CC=CCC2)c1. The highest BCUT2D eigenvalue weighted by molar-refractivity contribution is 5.97. The van der Waals surface area contributed by atoms with Crippen LogP contribution >= 0.6 is 0 Å². The summed E-state index contributed by atoms with van der Waals surface area (Å²) in [6.07, 6.45) is 7.87. The third-order valence-corrected chi connectivity index (χ3v) is 3.50. The summed E-state index contributed by atoms with van der Waals surface area (Å²) in [5.74, 6) is 0.187. The van der Waals surface area contributed by atoms with Gasteiger partial charge >= 0.3 is 0 Å². The van der Waals surface area contributed by atoms with E-state index in [1.54, 1.807) is 6.07 Å². The summed E-state index contributed by atoms with van der Waals surface area (Å²) in [5.41, 5.74) is 6.67. The number of nitrogens with zero attached hydrogens (tertiary/aromatic N) is 1. The van der Waals surface area contributed by atoms with E-state index in [1.807, 2.05) is 0 Å². The second kappa shape index (κ2) is 7.05. The number of hydrogen-bond donors (Lipinski definition) is 3. The summed E-state index contributed by atoms with van der Waals surface area (Å²) in [4.78, 5) is 0. The normalized spacial score (nSPS) is 19.2. The van der Waals surface area contributed by atoms with Gasteiger partial charge in [0.1, 0.15) is 5.82 Å². The Balaban J connectivity index is 1.92. The summed E-state index contributed by atoms with van der Waals surface area (Å²) in [7, 11) is 0. The van der Waals surface area contributed by atoms with E-state index in [0.29, 0.717) is 18.0 Å². The van der Waals surface area contributed by atoms with Crippen LogP contribution in [-0.4, -0.2) is 17.6 Å². The monoisotopic (exact) mass is 277 g/mol. The van der Waals surface area contributed by atoms with Crippen LogP contribution in [0.5, 0.6) is 0 Å². The lowest BCUT2D eigenvalue weighted by molar-refractivity contribution is 0.318. The molecule has 1 atom stereocenters. The Kier molecular flexibility index (Phi) is 5.12. The third kappa shape index (κ3) is 4.06. The topological polar surface area (TPSA) is 70.6 Å². The van der Waals surface area contributed by atoms with Crippen molar-refractivity contribution >= 4 is 5.84 Å². The number of nitrogens with one attached hydrogen (secondary N) is 1. The zero-order valence-electron chi connectivity index (χ0n) is 11.3. The maximum Gasteiger partial charge on any atom is 0.170 e. The van der Waals surface area contributed by atoms with Gasteiger partial charge in [0.15, 0.2) is 5.84 Å². The molecule has 2 rings (SSSR count). The van der Waals surface area contributed by atoms with Crippen LogP contribution in [0.25, 0.3) is 0 Å². The Morgan fingerprint density at radius 3 is 2.95 bits per heavy atom. The van der Waals surface area contributed by atoms with E-state index in [0.717, 1.165) is 24.9 Å². The predicted octanol–water partition coefficient (Wildman–Crippen LogP) is 2.37. The van der Waals surface area contributed by atoms with Crippen molar-refractivity contribution in [2.75, 3.05) is 6.54 Å². The van der Waals surface area contributed by atoms with Crippen molar-refractivity contribution in [3.8, 4) is 0 Å². The number of amidine groups is 1. The Morgan fingerprint density at radius 1 is 1.40 bits per heavy atom. The van der Waals surface area contributed by atoms with Crippen LogP contribution in [0.15, 0.2) is 35.5 Å². The summed E-state index contributed by atoms with van der Waals surface area (Å²) in [6.45, 7) is 1.49. The average Bonchev–Trinajstić information content (AvgIpc) is 2.47. The highest BCUT2D eigenvalue weighted by atomic mass is 19.1. The first-order valence-corrected chi connectivity index (χ1v) is 6.82. The predicted molar refractivity (Wildman–Crippen MR) is 77.1 cm³/mol. The molecule has 0 amide bonds. The molecule has 108 valence electrons. The molecule has 4 nitrogen and oxygen atoms in total. The van der Waals surface area contributed by atoms with Gasteiger partial charge in [0.2, 0.25) is 0 Å². The lowest BCUT2D eigenvalue weighted by Gasteiger charge is -2.18. The van der Waals surface area contributed by atoms with E-state index in [9.17, 15) is 4.39 Å². The molecule has 5 heteroatoms. The zero-order valence-corrected chi connectivity index (χ0v) is 11.3. The molecule has 0 radical (unpaired) electrons. The fourth-order valence-electron chi connectivity index (χ4n) is 2.42. The van der Waals surface area contributed by atoms with Gasteiger partial charge < -0.3 is 16.3 Å². The van der Waals surface area contributed by atoms with E-state index in [-0.39, 0.29) is 11.7 Å². The minimum atomic E-state index is -0.383. The minimum Gasteiger partial charge on any atom is -0.409 e. The Morgan fingerprint density at radius 2 is 2.25 bits per heavy atom. The van der Waals surface area contributed by atoms with Crippen molar-refractivity contribution in [1.82, 2.24) is 5.32 Å². The lowest BCUT2D eigenvalue weighted by atomic mass is 9.94. The van der Waals surface area contributed by atoms with Gasteiger partial charge in [-0.1, -0.05) is 17.3 Å². The zero-order chi connectivity index (χ0) is 14.4. The second-order valence-electron chi connectivity index (χ2n) is 5.11. The van der Waals surface area contributed by atoms with Crippen molar-refractivity contribution in [2.45, 2.75) is 25.8 Å². The summed E-state index contributed by atoms with van der Waals surface area (Å²) in [5, 5.41) is 14.9. The number of hydrogen-bond acceptors (Lipinski definition) is 3. The molecule has 0 bridgehead atoms. The Hall–Kier alpha value is -1.88. The van der Waals surface area contributed by atoms with Gasteiger partial charge in [0.25, 0.3) is 0 Å². The fraction of sp³-hybridized carbons (Fsp3) is 0.400. The standard InChI is InChI=1S/C15H20FN3O/c16-14-7-12(6-13(8-14)15(17)19-20)10-18-9-11-4-2-1-3-5-11/h1-2,6-8,11,18,20H,3-5,9-10H2,(H2,17,19). The molecular weight excluding hydrogens is 257 g/mol. The van der Waals surface area contributed by atoms with E-state index in [1.165, 1.54) is 18.6 Å². The first-order chi connectivity index (χ1) is 9.69. The fourth-order valence-corrected chi connectivity index (χ4v) is 2.42. The summed E-state index contributed by atoms with van der Waals surface area (Å²) < 4.78 is 13.5. The molecule has 0 saturated carbocycles. The Bertz CT molecular complexity index is 514. The molecule has 1 aliphatic carbocycles. The number of oxime groups is 1. The maximum absolute atomic E-state index is 13.5. The van der Waals surface area contributed by atoms with E-state index in [2.05, 4.69) is 22.6 Å². The van der Waals surface area contributed by atoms with E-state index in [4.69, 9.17) is 10.9 Å². The number of rotatable bonds is 5. The van der Waals surface area contributed by atoms with Crippen LogP contribution in [0.4, 0.5) is 4.39 Å².